The van der Waals surface area contributed by atoms with E-state index < -0.39 is 5.60 Å². The molecule has 1 aromatic heterocycles. The van der Waals surface area contributed by atoms with Gasteiger partial charge in [0, 0.05) is 24.8 Å². The SMILES string of the molecule is OC1(CNCc2ccc3[nH]ccc3c2)CCC1. The van der Waals surface area contributed by atoms with Crippen LogP contribution in [0.5, 0.6) is 0 Å². The average Bonchev–Trinajstić information content (AvgIpc) is 2.74. The first-order valence-corrected chi connectivity index (χ1v) is 6.24. The van der Waals surface area contributed by atoms with E-state index in [1.54, 1.807) is 0 Å². The lowest BCUT2D eigenvalue weighted by atomic mass is 9.80. The van der Waals surface area contributed by atoms with Crippen LogP contribution in [0.25, 0.3) is 10.9 Å². The quantitative estimate of drug-likeness (QED) is 0.754. The number of rotatable bonds is 4. The second-order valence-electron chi connectivity index (χ2n) is 5.08. The lowest BCUT2D eigenvalue weighted by Crippen LogP contribution is -2.45. The van der Waals surface area contributed by atoms with Gasteiger partial charge in [-0.2, -0.15) is 0 Å². The van der Waals surface area contributed by atoms with Gasteiger partial charge in [0.05, 0.1) is 5.60 Å². The molecule has 1 fully saturated rings. The first-order valence-electron chi connectivity index (χ1n) is 6.24. The topological polar surface area (TPSA) is 48.0 Å². The van der Waals surface area contributed by atoms with E-state index in [4.69, 9.17) is 0 Å². The van der Waals surface area contributed by atoms with Crippen molar-refractivity contribution in [2.45, 2.75) is 31.4 Å². The van der Waals surface area contributed by atoms with Gasteiger partial charge >= 0.3 is 0 Å². The summed E-state index contributed by atoms with van der Waals surface area (Å²) in [6.07, 6.45) is 5.00. The summed E-state index contributed by atoms with van der Waals surface area (Å²) in [6, 6.07) is 8.49. The fraction of sp³-hybridized carbons (Fsp3) is 0.429. The molecule has 0 aliphatic heterocycles. The Kier molecular flexibility index (Phi) is 2.65. The van der Waals surface area contributed by atoms with Crippen molar-refractivity contribution in [1.82, 2.24) is 10.3 Å². The summed E-state index contributed by atoms with van der Waals surface area (Å²) < 4.78 is 0. The molecule has 0 radical (unpaired) electrons. The smallest absolute Gasteiger partial charge is 0.0771 e. The molecule has 0 atom stereocenters. The zero-order chi connectivity index (χ0) is 11.7. The van der Waals surface area contributed by atoms with Crippen LogP contribution in [0.15, 0.2) is 30.5 Å². The van der Waals surface area contributed by atoms with Crippen LogP contribution in [-0.4, -0.2) is 22.2 Å². The Morgan fingerprint density at radius 2 is 2.18 bits per heavy atom. The van der Waals surface area contributed by atoms with Gasteiger partial charge in [0.1, 0.15) is 0 Å². The van der Waals surface area contributed by atoms with Gasteiger partial charge in [0.15, 0.2) is 0 Å². The largest absolute Gasteiger partial charge is 0.389 e. The fourth-order valence-corrected chi connectivity index (χ4v) is 2.41. The maximum absolute atomic E-state index is 9.96. The van der Waals surface area contributed by atoms with Gasteiger partial charge in [-0.1, -0.05) is 6.07 Å². The molecule has 1 aromatic carbocycles. The van der Waals surface area contributed by atoms with Crippen molar-refractivity contribution in [2.75, 3.05) is 6.54 Å². The lowest BCUT2D eigenvalue weighted by Gasteiger charge is -2.36. The predicted octanol–water partition coefficient (Wildman–Crippen LogP) is 2.17. The number of aromatic nitrogens is 1. The highest BCUT2D eigenvalue weighted by Crippen LogP contribution is 2.30. The Bertz CT molecular complexity index is 514. The Hall–Kier alpha value is -1.32. The zero-order valence-electron chi connectivity index (χ0n) is 9.87. The molecule has 3 nitrogen and oxygen atoms in total. The molecule has 2 aromatic rings. The number of hydrogen-bond acceptors (Lipinski definition) is 2. The molecule has 3 rings (SSSR count). The number of benzene rings is 1. The third-order valence-electron chi connectivity index (χ3n) is 3.69. The average molecular weight is 230 g/mol. The van der Waals surface area contributed by atoms with Crippen LogP contribution >= 0.6 is 0 Å². The summed E-state index contributed by atoms with van der Waals surface area (Å²) in [5, 5.41) is 14.5. The Morgan fingerprint density at radius 3 is 2.94 bits per heavy atom. The molecule has 0 unspecified atom stereocenters. The molecule has 1 saturated carbocycles. The van der Waals surface area contributed by atoms with Crippen LogP contribution in [0.3, 0.4) is 0 Å². The summed E-state index contributed by atoms with van der Waals surface area (Å²) >= 11 is 0. The maximum Gasteiger partial charge on any atom is 0.0771 e. The van der Waals surface area contributed by atoms with E-state index in [9.17, 15) is 5.11 Å². The van der Waals surface area contributed by atoms with Crippen molar-refractivity contribution in [1.29, 1.82) is 0 Å². The fourth-order valence-electron chi connectivity index (χ4n) is 2.41. The molecule has 3 N–H and O–H groups in total. The molecule has 90 valence electrons. The van der Waals surface area contributed by atoms with E-state index in [2.05, 4.69) is 34.6 Å². The zero-order valence-corrected chi connectivity index (χ0v) is 9.87. The van der Waals surface area contributed by atoms with E-state index in [1.165, 1.54) is 16.5 Å². The number of nitrogens with one attached hydrogen (secondary N) is 2. The maximum atomic E-state index is 9.96. The molecule has 1 aliphatic rings. The normalized spacial score (nSPS) is 18.2. The molecule has 3 heteroatoms. The minimum absolute atomic E-state index is 0.432. The van der Waals surface area contributed by atoms with Gasteiger partial charge in [-0.05, 0) is 48.4 Å². The van der Waals surface area contributed by atoms with E-state index in [0.29, 0.717) is 6.54 Å². The summed E-state index contributed by atoms with van der Waals surface area (Å²) in [7, 11) is 0. The van der Waals surface area contributed by atoms with Gasteiger partial charge in [-0.3, -0.25) is 0 Å². The summed E-state index contributed by atoms with van der Waals surface area (Å²) in [5.74, 6) is 0. The van der Waals surface area contributed by atoms with Crippen LogP contribution in [0, 0.1) is 0 Å². The third kappa shape index (κ3) is 2.21. The molecule has 0 amide bonds. The van der Waals surface area contributed by atoms with Gasteiger partial charge in [0.2, 0.25) is 0 Å². The summed E-state index contributed by atoms with van der Waals surface area (Å²) in [6.45, 7) is 1.53. The lowest BCUT2D eigenvalue weighted by molar-refractivity contribution is -0.0314. The Labute approximate surface area is 101 Å². The molecule has 1 aliphatic carbocycles. The standard InChI is InChI=1S/C14H18N2O/c17-14(5-1-6-14)10-15-9-11-2-3-13-12(8-11)4-7-16-13/h2-4,7-8,15-17H,1,5-6,9-10H2. The molecule has 1 heterocycles. The Balaban J connectivity index is 1.60. The van der Waals surface area contributed by atoms with Crippen LogP contribution in [0.1, 0.15) is 24.8 Å². The molecular formula is C14H18N2O. The summed E-state index contributed by atoms with van der Waals surface area (Å²) in [4.78, 5) is 3.18. The van der Waals surface area contributed by atoms with E-state index in [1.807, 2.05) is 6.20 Å². The van der Waals surface area contributed by atoms with Gasteiger partial charge in [-0.15, -0.1) is 0 Å². The monoisotopic (exact) mass is 230 g/mol. The molecule has 0 bridgehead atoms. The van der Waals surface area contributed by atoms with Crippen molar-refractivity contribution in [2.24, 2.45) is 0 Å². The molecular weight excluding hydrogens is 212 g/mol. The predicted molar refractivity (Wildman–Crippen MR) is 68.8 cm³/mol. The van der Waals surface area contributed by atoms with E-state index >= 15 is 0 Å². The molecule has 0 spiro atoms. The number of fused-ring (bicyclic) bond motifs is 1. The van der Waals surface area contributed by atoms with E-state index in [-0.39, 0.29) is 0 Å². The molecule has 17 heavy (non-hydrogen) atoms. The number of hydrogen-bond donors (Lipinski definition) is 3. The van der Waals surface area contributed by atoms with Crippen molar-refractivity contribution in [3.63, 3.8) is 0 Å². The Morgan fingerprint density at radius 1 is 1.29 bits per heavy atom. The highest BCUT2D eigenvalue weighted by Gasteiger charge is 2.33. The van der Waals surface area contributed by atoms with Crippen LogP contribution in [0.2, 0.25) is 0 Å². The second-order valence-corrected chi connectivity index (χ2v) is 5.08. The van der Waals surface area contributed by atoms with Gasteiger partial charge in [0.25, 0.3) is 0 Å². The first-order chi connectivity index (χ1) is 8.25. The van der Waals surface area contributed by atoms with Crippen molar-refractivity contribution in [3.05, 3.63) is 36.0 Å². The number of aromatic amines is 1. The summed E-state index contributed by atoms with van der Waals surface area (Å²) in [5.41, 5.74) is 2.00. The highest BCUT2D eigenvalue weighted by atomic mass is 16.3. The van der Waals surface area contributed by atoms with Crippen molar-refractivity contribution < 1.29 is 5.11 Å². The minimum atomic E-state index is -0.432. The van der Waals surface area contributed by atoms with Crippen LogP contribution in [-0.2, 0) is 6.54 Å². The van der Waals surface area contributed by atoms with E-state index in [0.717, 1.165) is 25.8 Å². The second kappa shape index (κ2) is 4.17. The van der Waals surface area contributed by atoms with Gasteiger partial charge in [-0.25, -0.2) is 0 Å². The number of H-pyrrole nitrogens is 1. The first kappa shape index (κ1) is 10.8. The molecule has 0 saturated heterocycles. The van der Waals surface area contributed by atoms with Crippen LogP contribution < -0.4 is 5.32 Å². The van der Waals surface area contributed by atoms with Gasteiger partial charge < -0.3 is 15.4 Å². The van der Waals surface area contributed by atoms with Crippen molar-refractivity contribution >= 4 is 10.9 Å². The number of aliphatic hydroxyl groups is 1. The highest BCUT2D eigenvalue weighted by molar-refractivity contribution is 5.79. The van der Waals surface area contributed by atoms with Crippen molar-refractivity contribution in [3.8, 4) is 0 Å². The minimum Gasteiger partial charge on any atom is -0.389 e. The third-order valence-corrected chi connectivity index (χ3v) is 3.69. The van der Waals surface area contributed by atoms with Crippen LogP contribution in [0.4, 0.5) is 0 Å².